The zero-order chi connectivity index (χ0) is 18.6. The second kappa shape index (κ2) is 8.83. The minimum absolute atomic E-state index is 0.0426. The van der Waals surface area contributed by atoms with Crippen molar-refractivity contribution in [3.63, 3.8) is 0 Å². The van der Waals surface area contributed by atoms with Crippen LogP contribution in [-0.4, -0.2) is 54.0 Å². The fourth-order valence-electron chi connectivity index (χ4n) is 6.25. The van der Waals surface area contributed by atoms with Gasteiger partial charge in [0, 0.05) is 38.6 Å². The lowest BCUT2D eigenvalue weighted by Gasteiger charge is -2.44. The van der Waals surface area contributed by atoms with E-state index in [4.69, 9.17) is 0 Å². The first-order chi connectivity index (χ1) is 13.2. The molecule has 4 unspecified atom stereocenters. The Bertz CT molecular complexity index is 536. The number of fused-ring (bicyclic) bond motifs is 2. The van der Waals surface area contributed by atoms with Crippen LogP contribution in [0.4, 0.5) is 4.79 Å². The van der Waals surface area contributed by atoms with Gasteiger partial charge in [0.1, 0.15) is 0 Å². The number of nitrogens with zero attached hydrogens (tertiary/aromatic N) is 2. The van der Waals surface area contributed by atoms with E-state index in [9.17, 15) is 9.59 Å². The predicted molar refractivity (Wildman–Crippen MR) is 106 cm³/mol. The Labute approximate surface area is 164 Å². The second-order valence-corrected chi connectivity index (χ2v) is 9.36. The van der Waals surface area contributed by atoms with E-state index in [1.54, 1.807) is 0 Å². The lowest BCUT2D eigenvalue weighted by atomic mass is 9.75. The van der Waals surface area contributed by atoms with Gasteiger partial charge in [-0.05, 0) is 56.3 Å². The second-order valence-electron chi connectivity index (χ2n) is 9.36. The number of nitrogens with one attached hydrogen (secondary N) is 1. The first-order valence-electron chi connectivity index (χ1n) is 11.5. The van der Waals surface area contributed by atoms with E-state index in [0.29, 0.717) is 24.9 Å². The number of urea groups is 1. The standard InChI is InChI=1S/C22H37N3O2/c26-21(25-14-5-9-18-7-3-4-10-20(18)25)11-13-23-22(27)24-15-12-17-6-1-2-8-19(17)16-24/h17-20H,1-16H2,(H,23,27). The van der Waals surface area contributed by atoms with Crippen molar-refractivity contribution in [3.05, 3.63) is 0 Å². The van der Waals surface area contributed by atoms with Gasteiger partial charge in [0.05, 0.1) is 0 Å². The molecule has 2 saturated carbocycles. The molecule has 27 heavy (non-hydrogen) atoms. The summed E-state index contributed by atoms with van der Waals surface area (Å²) in [6.07, 6.45) is 14.5. The summed E-state index contributed by atoms with van der Waals surface area (Å²) in [6.45, 7) is 3.20. The van der Waals surface area contributed by atoms with Crippen molar-refractivity contribution >= 4 is 11.9 Å². The molecule has 2 heterocycles. The number of amides is 3. The van der Waals surface area contributed by atoms with Crippen molar-refractivity contribution in [2.45, 2.75) is 83.1 Å². The van der Waals surface area contributed by atoms with Crippen molar-refractivity contribution < 1.29 is 9.59 Å². The molecule has 4 atom stereocenters. The molecule has 0 aromatic rings. The summed E-state index contributed by atoms with van der Waals surface area (Å²) >= 11 is 0. The summed E-state index contributed by atoms with van der Waals surface area (Å²) < 4.78 is 0. The van der Waals surface area contributed by atoms with Crippen molar-refractivity contribution in [1.29, 1.82) is 0 Å². The van der Waals surface area contributed by atoms with Gasteiger partial charge in [-0.2, -0.15) is 0 Å². The van der Waals surface area contributed by atoms with Gasteiger partial charge in [0.15, 0.2) is 0 Å². The maximum Gasteiger partial charge on any atom is 0.317 e. The Hall–Kier alpha value is -1.26. The molecule has 0 spiro atoms. The normalized spacial score (nSPS) is 33.8. The van der Waals surface area contributed by atoms with Crippen LogP contribution in [0.25, 0.3) is 0 Å². The van der Waals surface area contributed by atoms with Crippen molar-refractivity contribution in [2.24, 2.45) is 17.8 Å². The monoisotopic (exact) mass is 375 g/mol. The molecule has 5 heteroatoms. The highest BCUT2D eigenvalue weighted by molar-refractivity contribution is 5.78. The summed E-state index contributed by atoms with van der Waals surface area (Å²) in [5.74, 6) is 2.52. The summed E-state index contributed by atoms with van der Waals surface area (Å²) in [7, 11) is 0. The highest BCUT2D eigenvalue weighted by atomic mass is 16.2. The number of hydrogen-bond donors (Lipinski definition) is 1. The van der Waals surface area contributed by atoms with E-state index >= 15 is 0 Å². The lowest BCUT2D eigenvalue weighted by Crippen LogP contribution is -2.51. The fraction of sp³-hybridized carbons (Fsp3) is 0.909. The first-order valence-corrected chi connectivity index (χ1v) is 11.5. The SMILES string of the molecule is O=C(NCCC(=O)N1CCCC2CCCCC21)N1CCC2CCCCC2C1. The van der Waals surface area contributed by atoms with E-state index < -0.39 is 0 Å². The molecule has 2 aliphatic carbocycles. The quantitative estimate of drug-likeness (QED) is 0.816. The van der Waals surface area contributed by atoms with E-state index in [0.717, 1.165) is 44.3 Å². The van der Waals surface area contributed by atoms with Crippen LogP contribution in [0, 0.1) is 17.8 Å². The zero-order valence-corrected chi connectivity index (χ0v) is 16.8. The van der Waals surface area contributed by atoms with Crippen LogP contribution >= 0.6 is 0 Å². The molecular formula is C22H37N3O2. The average molecular weight is 376 g/mol. The maximum absolute atomic E-state index is 12.8. The van der Waals surface area contributed by atoms with Crippen molar-refractivity contribution in [2.75, 3.05) is 26.2 Å². The minimum Gasteiger partial charge on any atom is -0.339 e. The van der Waals surface area contributed by atoms with Gasteiger partial charge in [0.25, 0.3) is 0 Å². The van der Waals surface area contributed by atoms with Crippen LogP contribution in [0.1, 0.15) is 77.0 Å². The van der Waals surface area contributed by atoms with Crippen molar-refractivity contribution in [1.82, 2.24) is 15.1 Å². The van der Waals surface area contributed by atoms with Crippen LogP contribution in [-0.2, 0) is 4.79 Å². The molecule has 1 N–H and O–H groups in total. The molecule has 0 aromatic carbocycles. The van der Waals surface area contributed by atoms with Gasteiger partial charge in [-0.3, -0.25) is 4.79 Å². The van der Waals surface area contributed by atoms with Crippen LogP contribution in [0.3, 0.4) is 0 Å². The summed E-state index contributed by atoms with van der Waals surface area (Å²) in [4.78, 5) is 29.4. The van der Waals surface area contributed by atoms with E-state index in [1.165, 1.54) is 57.8 Å². The zero-order valence-electron chi connectivity index (χ0n) is 16.8. The number of hydrogen-bond acceptors (Lipinski definition) is 2. The molecular weight excluding hydrogens is 338 g/mol. The van der Waals surface area contributed by atoms with Gasteiger partial charge in [-0.15, -0.1) is 0 Å². The molecule has 0 bridgehead atoms. The van der Waals surface area contributed by atoms with Gasteiger partial charge >= 0.3 is 6.03 Å². The van der Waals surface area contributed by atoms with Gasteiger partial charge in [-0.25, -0.2) is 4.79 Å². The third-order valence-corrected chi connectivity index (χ3v) is 7.76. The predicted octanol–water partition coefficient (Wildman–Crippen LogP) is 3.78. The largest absolute Gasteiger partial charge is 0.339 e. The summed E-state index contributed by atoms with van der Waals surface area (Å²) in [6, 6.07) is 0.516. The summed E-state index contributed by atoms with van der Waals surface area (Å²) in [5, 5.41) is 3.03. The highest BCUT2D eigenvalue weighted by Gasteiger charge is 2.36. The topological polar surface area (TPSA) is 52.7 Å². The van der Waals surface area contributed by atoms with Crippen LogP contribution in [0.2, 0.25) is 0 Å². The third kappa shape index (κ3) is 4.43. The van der Waals surface area contributed by atoms with Crippen molar-refractivity contribution in [3.8, 4) is 0 Å². The van der Waals surface area contributed by atoms with E-state index in [1.807, 2.05) is 4.90 Å². The number of likely N-dealkylation sites (tertiary alicyclic amines) is 2. The average Bonchev–Trinajstić information content (AvgIpc) is 2.72. The van der Waals surface area contributed by atoms with Gasteiger partial charge in [0.2, 0.25) is 5.91 Å². The highest BCUT2D eigenvalue weighted by Crippen LogP contribution is 2.36. The maximum atomic E-state index is 12.8. The fourth-order valence-corrected chi connectivity index (χ4v) is 6.25. The molecule has 0 aromatic heterocycles. The third-order valence-electron chi connectivity index (χ3n) is 7.76. The van der Waals surface area contributed by atoms with Gasteiger partial charge in [-0.1, -0.05) is 32.1 Å². The molecule has 5 nitrogen and oxygen atoms in total. The molecule has 4 fully saturated rings. The Balaban J connectivity index is 1.21. The Kier molecular flexibility index (Phi) is 6.24. The Morgan fingerprint density at radius 3 is 2.33 bits per heavy atom. The molecule has 3 amide bonds. The molecule has 4 rings (SSSR count). The molecule has 4 aliphatic rings. The number of piperidine rings is 2. The van der Waals surface area contributed by atoms with Crippen LogP contribution < -0.4 is 5.32 Å². The molecule has 152 valence electrons. The minimum atomic E-state index is 0.0426. The molecule has 2 aliphatic heterocycles. The van der Waals surface area contributed by atoms with E-state index in [-0.39, 0.29) is 11.9 Å². The smallest absolute Gasteiger partial charge is 0.317 e. The van der Waals surface area contributed by atoms with E-state index in [2.05, 4.69) is 10.2 Å². The Morgan fingerprint density at radius 1 is 0.778 bits per heavy atom. The van der Waals surface area contributed by atoms with Crippen LogP contribution in [0.15, 0.2) is 0 Å². The number of carbonyl (C=O) groups is 2. The van der Waals surface area contributed by atoms with Crippen LogP contribution in [0.5, 0.6) is 0 Å². The molecule has 2 saturated heterocycles. The number of rotatable bonds is 3. The lowest BCUT2D eigenvalue weighted by molar-refractivity contribution is -0.137. The molecule has 0 radical (unpaired) electrons. The summed E-state index contributed by atoms with van der Waals surface area (Å²) in [5.41, 5.74) is 0. The Morgan fingerprint density at radius 2 is 1.48 bits per heavy atom. The number of carbonyl (C=O) groups excluding carboxylic acids is 2. The van der Waals surface area contributed by atoms with Gasteiger partial charge < -0.3 is 15.1 Å². The first kappa shape index (κ1) is 19.1.